The van der Waals surface area contributed by atoms with Crippen molar-refractivity contribution in [2.24, 2.45) is 5.92 Å². The van der Waals surface area contributed by atoms with Crippen molar-refractivity contribution in [3.8, 4) is 11.8 Å². The van der Waals surface area contributed by atoms with E-state index in [9.17, 15) is 28.3 Å². The lowest BCUT2D eigenvalue weighted by Gasteiger charge is -2.18. The van der Waals surface area contributed by atoms with Crippen LogP contribution in [0, 0.1) is 28.5 Å². The normalized spacial score (nSPS) is 16.7. The number of aromatic nitrogens is 2. The van der Waals surface area contributed by atoms with Gasteiger partial charge in [0.15, 0.2) is 0 Å². The number of nitriles is 1. The van der Waals surface area contributed by atoms with Crippen LogP contribution >= 0.6 is 0 Å². The first-order valence-corrected chi connectivity index (χ1v) is 10.7. The van der Waals surface area contributed by atoms with E-state index >= 15 is 0 Å². The zero-order valence-electron chi connectivity index (χ0n) is 18.3. The first-order chi connectivity index (χ1) is 16.8. The van der Waals surface area contributed by atoms with Gasteiger partial charge in [-0.1, -0.05) is 18.2 Å². The predicted octanol–water partition coefficient (Wildman–Crippen LogP) is 3.28. The molecule has 11 heteroatoms. The average molecular weight is 482 g/mol. The minimum atomic E-state index is -2.86. The number of hydrogen-bond donors (Lipinski definition) is 4. The van der Waals surface area contributed by atoms with Crippen molar-refractivity contribution in [3.63, 3.8) is 0 Å². The van der Waals surface area contributed by atoms with E-state index in [-0.39, 0.29) is 35.6 Å². The van der Waals surface area contributed by atoms with Crippen molar-refractivity contribution in [2.75, 3.05) is 17.2 Å². The van der Waals surface area contributed by atoms with Crippen LogP contribution in [0.5, 0.6) is 0 Å². The SMILES string of the molecule is N#Cc1cnc(NC(CO)C2CC2(F)F)cc1-n1ccc(NCc2ccccc2F)c(C=N)c1=O. The Morgan fingerprint density at radius 2 is 2.11 bits per heavy atom. The molecule has 3 aromatic rings. The van der Waals surface area contributed by atoms with E-state index in [0.29, 0.717) is 11.3 Å². The number of pyridine rings is 2. The van der Waals surface area contributed by atoms with Gasteiger partial charge in [0.05, 0.1) is 41.1 Å². The quantitative estimate of drug-likeness (QED) is 0.347. The highest BCUT2D eigenvalue weighted by Crippen LogP contribution is 2.51. The summed E-state index contributed by atoms with van der Waals surface area (Å²) in [7, 11) is 0. The number of rotatable bonds is 9. The molecule has 1 aliphatic rings. The van der Waals surface area contributed by atoms with Crippen LogP contribution in [-0.4, -0.2) is 39.4 Å². The summed E-state index contributed by atoms with van der Waals surface area (Å²) in [5.74, 6) is -4.21. The number of hydrogen-bond acceptors (Lipinski definition) is 7. The first-order valence-electron chi connectivity index (χ1n) is 10.7. The van der Waals surface area contributed by atoms with Crippen LogP contribution in [0.3, 0.4) is 0 Å². The van der Waals surface area contributed by atoms with E-state index in [2.05, 4.69) is 15.6 Å². The minimum absolute atomic E-state index is 0.0232. The third-order valence-corrected chi connectivity index (χ3v) is 5.85. The van der Waals surface area contributed by atoms with Gasteiger partial charge in [-0.25, -0.2) is 18.2 Å². The number of aliphatic hydroxyl groups excluding tert-OH is 1. The lowest BCUT2D eigenvalue weighted by Crippen LogP contribution is -2.29. The molecule has 1 aromatic carbocycles. The Balaban J connectivity index is 1.65. The van der Waals surface area contributed by atoms with Crippen molar-refractivity contribution in [3.05, 3.63) is 81.7 Å². The van der Waals surface area contributed by atoms with E-state index in [1.54, 1.807) is 18.2 Å². The summed E-state index contributed by atoms with van der Waals surface area (Å²) < 4.78 is 42.0. The molecule has 4 rings (SSSR count). The summed E-state index contributed by atoms with van der Waals surface area (Å²) >= 11 is 0. The van der Waals surface area contributed by atoms with E-state index in [4.69, 9.17) is 5.41 Å². The lowest BCUT2D eigenvalue weighted by atomic mass is 10.1. The summed E-state index contributed by atoms with van der Waals surface area (Å²) in [5, 5.41) is 32.5. The van der Waals surface area contributed by atoms with E-state index in [1.807, 2.05) is 6.07 Å². The maximum Gasteiger partial charge on any atom is 0.266 e. The number of benzene rings is 1. The monoisotopic (exact) mass is 482 g/mol. The summed E-state index contributed by atoms with van der Waals surface area (Å²) in [4.78, 5) is 17.2. The third-order valence-electron chi connectivity index (χ3n) is 5.85. The Labute approximate surface area is 198 Å². The summed E-state index contributed by atoms with van der Waals surface area (Å²) in [6, 6.07) is 10.0. The van der Waals surface area contributed by atoms with Gasteiger partial charge in [0.2, 0.25) is 0 Å². The minimum Gasteiger partial charge on any atom is -0.394 e. The fraction of sp³-hybridized carbons (Fsp3) is 0.250. The second kappa shape index (κ2) is 9.60. The molecular formula is C24H21F3N6O2. The van der Waals surface area contributed by atoms with Gasteiger partial charge in [0, 0.05) is 43.2 Å². The van der Waals surface area contributed by atoms with Crippen molar-refractivity contribution >= 4 is 17.7 Å². The molecular weight excluding hydrogens is 461 g/mol. The lowest BCUT2D eigenvalue weighted by molar-refractivity contribution is 0.0881. The van der Waals surface area contributed by atoms with Gasteiger partial charge in [0.25, 0.3) is 11.5 Å². The smallest absolute Gasteiger partial charge is 0.266 e. The van der Waals surface area contributed by atoms with Crippen LogP contribution < -0.4 is 16.2 Å². The predicted molar refractivity (Wildman–Crippen MR) is 124 cm³/mol. The molecule has 2 unspecified atom stereocenters. The highest BCUT2D eigenvalue weighted by atomic mass is 19.3. The molecule has 8 nitrogen and oxygen atoms in total. The number of anilines is 2. The number of halogens is 3. The molecule has 0 saturated heterocycles. The molecule has 0 amide bonds. The zero-order chi connectivity index (χ0) is 25.2. The number of nitrogens with one attached hydrogen (secondary N) is 3. The topological polar surface area (TPSA) is 127 Å². The van der Waals surface area contributed by atoms with Crippen LogP contribution in [-0.2, 0) is 6.54 Å². The van der Waals surface area contributed by atoms with Crippen LogP contribution in [0.4, 0.5) is 24.7 Å². The number of aliphatic hydroxyl groups is 1. The molecule has 0 radical (unpaired) electrons. The molecule has 1 saturated carbocycles. The van der Waals surface area contributed by atoms with Crippen molar-refractivity contribution in [1.29, 1.82) is 10.7 Å². The van der Waals surface area contributed by atoms with Crippen LogP contribution in [0.25, 0.3) is 5.69 Å². The van der Waals surface area contributed by atoms with Crippen molar-refractivity contribution < 1.29 is 18.3 Å². The van der Waals surface area contributed by atoms with Gasteiger partial charge in [-0.3, -0.25) is 9.36 Å². The van der Waals surface area contributed by atoms with Crippen LogP contribution in [0.15, 0.2) is 53.6 Å². The molecule has 2 atom stereocenters. The fourth-order valence-corrected chi connectivity index (χ4v) is 3.81. The fourth-order valence-electron chi connectivity index (χ4n) is 3.81. The van der Waals surface area contributed by atoms with E-state index < -0.39 is 35.9 Å². The van der Waals surface area contributed by atoms with Gasteiger partial charge < -0.3 is 21.1 Å². The van der Waals surface area contributed by atoms with Crippen LogP contribution in [0.1, 0.15) is 23.1 Å². The Morgan fingerprint density at radius 3 is 2.74 bits per heavy atom. The average Bonchev–Trinajstić information content (AvgIpc) is 3.49. The zero-order valence-corrected chi connectivity index (χ0v) is 18.3. The van der Waals surface area contributed by atoms with Gasteiger partial charge in [-0.2, -0.15) is 5.26 Å². The van der Waals surface area contributed by atoms with Gasteiger partial charge in [-0.15, -0.1) is 0 Å². The molecule has 35 heavy (non-hydrogen) atoms. The van der Waals surface area contributed by atoms with Gasteiger partial charge >= 0.3 is 0 Å². The molecule has 1 fully saturated rings. The largest absolute Gasteiger partial charge is 0.394 e. The second-order valence-electron chi connectivity index (χ2n) is 8.11. The Bertz CT molecular complexity index is 1370. The van der Waals surface area contributed by atoms with Crippen molar-refractivity contribution in [2.45, 2.75) is 24.9 Å². The molecule has 0 spiro atoms. The molecule has 0 aliphatic heterocycles. The molecule has 180 valence electrons. The highest BCUT2D eigenvalue weighted by Gasteiger charge is 2.60. The summed E-state index contributed by atoms with van der Waals surface area (Å²) in [6.45, 7) is -0.463. The maximum absolute atomic E-state index is 13.9. The first kappa shape index (κ1) is 24.0. The number of nitrogens with zero attached hydrogens (tertiary/aromatic N) is 3. The van der Waals surface area contributed by atoms with Gasteiger partial charge in [0.1, 0.15) is 17.7 Å². The van der Waals surface area contributed by atoms with Crippen molar-refractivity contribution in [1.82, 2.24) is 9.55 Å². The molecule has 2 heterocycles. The Morgan fingerprint density at radius 1 is 1.37 bits per heavy atom. The van der Waals surface area contributed by atoms with Crippen LogP contribution in [0.2, 0.25) is 0 Å². The Kier molecular flexibility index (Phi) is 6.57. The molecule has 1 aliphatic carbocycles. The van der Waals surface area contributed by atoms with E-state index in [1.165, 1.54) is 30.6 Å². The standard InChI is InChI=1S/C24H21F3N6O2/c25-18-4-2-1-3-14(18)11-30-19-5-6-33(23(35)16(19)10-29)21-7-22(31-12-15(21)9-28)32-20(13-34)17-8-24(17,26)27/h1-7,10,12,17,20,29-30,34H,8,11,13H2,(H,31,32). The second-order valence-corrected chi connectivity index (χ2v) is 8.11. The molecule has 2 aromatic heterocycles. The summed E-state index contributed by atoms with van der Waals surface area (Å²) in [6.07, 6.45) is 3.08. The third kappa shape index (κ3) is 4.88. The summed E-state index contributed by atoms with van der Waals surface area (Å²) in [5.41, 5.74) is 0.191. The molecule has 0 bridgehead atoms. The number of alkyl halides is 2. The van der Waals surface area contributed by atoms with Gasteiger partial charge in [-0.05, 0) is 12.1 Å². The van der Waals surface area contributed by atoms with E-state index in [0.717, 1.165) is 10.8 Å². The highest BCUT2D eigenvalue weighted by molar-refractivity contribution is 5.85. The maximum atomic E-state index is 13.9. The Hall–Kier alpha value is -4.17. The molecule has 4 N–H and O–H groups in total.